The van der Waals surface area contributed by atoms with Crippen LogP contribution in [0.25, 0.3) is 0 Å². The number of nitro benzene ring substituents is 1. The van der Waals surface area contributed by atoms with E-state index in [0.29, 0.717) is 11.1 Å². The molecule has 0 aliphatic carbocycles. The molecule has 1 aromatic heterocycles. The fraction of sp³-hybridized carbons (Fsp3) is 0.100. The smallest absolute Gasteiger partial charge is 0.269 e. The van der Waals surface area contributed by atoms with Gasteiger partial charge in [-0.15, -0.1) is 0 Å². The molecular weight excluding hydrogens is 330 g/mol. The van der Waals surface area contributed by atoms with Gasteiger partial charge in [0.15, 0.2) is 0 Å². The zero-order valence-electron chi connectivity index (χ0n) is 14.2. The highest BCUT2D eigenvalue weighted by atomic mass is 16.6. The Kier molecular flexibility index (Phi) is 5.03. The van der Waals surface area contributed by atoms with Gasteiger partial charge in [0.05, 0.1) is 11.5 Å². The quantitative estimate of drug-likeness (QED) is 0.513. The number of carbonyl (C=O) groups is 1. The van der Waals surface area contributed by atoms with Crippen molar-refractivity contribution < 1.29 is 9.72 Å². The molecule has 0 fully saturated rings. The summed E-state index contributed by atoms with van der Waals surface area (Å²) in [6, 6.07) is 17.3. The van der Waals surface area contributed by atoms with Gasteiger partial charge in [-0.3, -0.25) is 19.9 Å². The molecule has 1 amide bonds. The normalized spacial score (nSPS) is 10.3. The van der Waals surface area contributed by atoms with Gasteiger partial charge in [0.2, 0.25) is 0 Å². The number of carbonyl (C=O) groups excluding carboxylic acids is 1. The number of rotatable bonds is 5. The second-order valence-electron chi connectivity index (χ2n) is 5.84. The van der Waals surface area contributed by atoms with E-state index in [1.165, 1.54) is 12.1 Å². The van der Waals surface area contributed by atoms with E-state index in [0.717, 1.165) is 11.3 Å². The van der Waals surface area contributed by atoms with Gasteiger partial charge in [-0.2, -0.15) is 0 Å². The van der Waals surface area contributed by atoms with Crippen LogP contribution < -0.4 is 4.90 Å². The van der Waals surface area contributed by atoms with Gasteiger partial charge < -0.3 is 4.90 Å². The number of anilines is 1. The SMILES string of the molecule is Cc1cnccc1C(=O)N(Cc1cccc([N+](=O)[O-])c1)c1ccccc1. The lowest BCUT2D eigenvalue weighted by Crippen LogP contribution is -2.31. The number of para-hydroxylation sites is 1. The molecule has 0 N–H and O–H groups in total. The lowest BCUT2D eigenvalue weighted by Gasteiger charge is -2.23. The van der Waals surface area contributed by atoms with Crippen LogP contribution >= 0.6 is 0 Å². The molecule has 1 heterocycles. The van der Waals surface area contributed by atoms with Crippen molar-refractivity contribution in [1.82, 2.24) is 4.98 Å². The maximum atomic E-state index is 13.2. The van der Waals surface area contributed by atoms with Crippen LogP contribution in [0.3, 0.4) is 0 Å². The van der Waals surface area contributed by atoms with Crippen molar-refractivity contribution in [3.63, 3.8) is 0 Å². The summed E-state index contributed by atoms with van der Waals surface area (Å²) in [4.78, 5) is 29.4. The minimum Gasteiger partial charge on any atom is -0.304 e. The zero-order chi connectivity index (χ0) is 18.5. The standard InChI is InChI=1S/C20H17N3O3/c1-15-13-21-11-10-19(15)20(24)22(17-7-3-2-4-8-17)14-16-6-5-9-18(12-16)23(25)26/h2-13H,14H2,1H3. The summed E-state index contributed by atoms with van der Waals surface area (Å²) in [7, 11) is 0. The Morgan fingerprint density at radius 3 is 2.58 bits per heavy atom. The van der Waals surface area contributed by atoms with Gasteiger partial charge in [-0.25, -0.2) is 0 Å². The van der Waals surface area contributed by atoms with Gasteiger partial charge in [-0.05, 0) is 36.2 Å². The minimum absolute atomic E-state index is 0.00283. The summed E-state index contributed by atoms with van der Waals surface area (Å²) in [6.45, 7) is 2.06. The molecule has 0 atom stereocenters. The van der Waals surface area contributed by atoms with Crippen molar-refractivity contribution in [3.8, 4) is 0 Å². The average molecular weight is 347 g/mol. The fourth-order valence-electron chi connectivity index (χ4n) is 2.70. The van der Waals surface area contributed by atoms with Crippen LogP contribution in [-0.4, -0.2) is 15.8 Å². The number of nitrogens with zero attached hydrogens (tertiary/aromatic N) is 3. The van der Waals surface area contributed by atoms with Crippen LogP contribution in [0.1, 0.15) is 21.5 Å². The Labute approximate surface area is 150 Å². The molecule has 0 unspecified atom stereocenters. The molecule has 26 heavy (non-hydrogen) atoms. The molecule has 0 saturated heterocycles. The molecule has 3 aromatic rings. The number of nitro groups is 1. The summed E-state index contributed by atoms with van der Waals surface area (Å²) in [6.07, 6.45) is 3.22. The Morgan fingerprint density at radius 2 is 1.88 bits per heavy atom. The highest BCUT2D eigenvalue weighted by Crippen LogP contribution is 2.22. The molecule has 6 heteroatoms. The van der Waals surface area contributed by atoms with Crippen molar-refractivity contribution in [2.24, 2.45) is 0 Å². The molecule has 0 saturated carbocycles. The van der Waals surface area contributed by atoms with Crippen molar-refractivity contribution in [3.05, 3.63) is 99.9 Å². The molecule has 6 nitrogen and oxygen atoms in total. The number of aromatic nitrogens is 1. The number of aryl methyl sites for hydroxylation is 1. The zero-order valence-corrected chi connectivity index (χ0v) is 14.2. The van der Waals surface area contributed by atoms with Crippen LogP contribution in [0.5, 0.6) is 0 Å². The molecule has 2 aromatic carbocycles. The van der Waals surface area contributed by atoms with Crippen LogP contribution in [-0.2, 0) is 6.54 Å². The molecular formula is C20H17N3O3. The molecule has 0 aliphatic heterocycles. The second-order valence-corrected chi connectivity index (χ2v) is 5.84. The topological polar surface area (TPSA) is 76.3 Å². The van der Waals surface area contributed by atoms with Crippen molar-refractivity contribution >= 4 is 17.3 Å². The number of pyridine rings is 1. The fourth-order valence-corrected chi connectivity index (χ4v) is 2.70. The van der Waals surface area contributed by atoms with Crippen LogP contribution in [0.15, 0.2) is 73.1 Å². The molecule has 3 rings (SSSR count). The highest BCUT2D eigenvalue weighted by Gasteiger charge is 2.20. The van der Waals surface area contributed by atoms with E-state index in [-0.39, 0.29) is 18.1 Å². The van der Waals surface area contributed by atoms with Crippen LogP contribution in [0.4, 0.5) is 11.4 Å². The Balaban J connectivity index is 2.00. The lowest BCUT2D eigenvalue weighted by atomic mass is 10.1. The lowest BCUT2D eigenvalue weighted by molar-refractivity contribution is -0.384. The molecule has 0 aliphatic rings. The first-order valence-electron chi connectivity index (χ1n) is 8.07. The van der Waals surface area contributed by atoms with E-state index in [1.54, 1.807) is 35.5 Å². The Morgan fingerprint density at radius 1 is 1.12 bits per heavy atom. The summed E-state index contributed by atoms with van der Waals surface area (Å²) < 4.78 is 0. The van der Waals surface area contributed by atoms with E-state index >= 15 is 0 Å². The average Bonchev–Trinajstić information content (AvgIpc) is 2.67. The second kappa shape index (κ2) is 7.57. The molecule has 130 valence electrons. The summed E-state index contributed by atoms with van der Waals surface area (Å²) in [5.74, 6) is -0.178. The van der Waals surface area contributed by atoms with Gasteiger partial charge in [0.25, 0.3) is 11.6 Å². The third kappa shape index (κ3) is 3.75. The summed E-state index contributed by atoms with van der Waals surface area (Å²) in [5, 5.41) is 11.0. The number of hydrogen-bond donors (Lipinski definition) is 0. The molecule has 0 spiro atoms. The van der Waals surface area contributed by atoms with Crippen molar-refractivity contribution in [2.45, 2.75) is 13.5 Å². The van der Waals surface area contributed by atoms with Crippen molar-refractivity contribution in [1.29, 1.82) is 0 Å². The minimum atomic E-state index is -0.439. The van der Waals surface area contributed by atoms with E-state index in [9.17, 15) is 14.9 Å². The van der Waals surface area contributed by atoms with Gasteiger partial charge in [0.1, 0.15) is 0 Å². The number of non-ortho nitro benzene ring substituents is 1. The predicted octanol–water partition coefficient (Wildman–Crippen LogP) is 4.15. The predicted molar refractivity (Wildman–Crippen MR) is 99.0 cm³/mol. The Hall–Kier alpha value is -3.54. The number of amides is 1. The van der Waals surface area contributed by atoms with E-state index in [4.69, 9.17) is 0 Å². The van der Waals surface area contributed by atoms with Gasteiger partial charge >= 0.3 is 0 Å². The largest absolute Gasteiger partial charge is 0.304 e. The monoisotopic (exact) mass is 347 g/mol. The first-order chi connectivity index (χ1) is 12.6. The van der Waals surface area contributed by atoms with Crippen molar-refractivity contribution in [2.75, 3.05) is 4.90 Å². The van der Waals surface area contributed by atoms with Gasteiger partial charge in [0, 0.05) is 35.8 Å². The highest BCUT2D eigenvalue weighted by molar-refractivity contribution is 6.06. The first-order valence-corrected chi connectivity index (χ1v) is 8.07. The first kappa shape index (κ1) is 17.3. The maximum Gasteiger partial charge on any atom is 0.269 e. The van der Waals surface area contributed by atoms with Gasteiger partial charge in [-0.1, -0.05) is 30.3 Å². The molecule has 0 radical (unpaired) electrons. The maximum absolute atomic E-state index is 13.2. The number of hydrogen-bond acceptors (Lipinski definition) is 4. The van der Waals surface area contributed by atoms with E-state index in [1.807, 2.05) is 37.3 Å². The van der Waals surface area contributed by atoms with Crippen LogP contribution in [0.2, 0.25) is 0 Å². The number of benzene rings is 2. The van der Waals surface area contributed by atoms with E-state index < -0.39 is 4.92 Å². The molecule has 0 bridgehead atoms. The third-order valence-electron chi connectivity index (χ3n) is 4.03. The summed E-state index contributed by atoms with van der Waals surface area (Å²) >= 11 is 0. The summed E-state index contributed by atoms with van der Waals surface area (Å²) in [5.41, 5.74) is 2.73. The van der Waals surface area contributed by atoms with E-state index in [2.05, 4.69) is 4.98 Å². The van der Waals surface area contributed by atoms with Crippen LogP contribution in [0, 0.1) is 17.0 Å². The Bertz CT molecular complexity index is 942. The third-order valence-corrected chi connectivity index (χ3v) is 4.03.